The van der Waals surface area contributed by atoms with Crippen LogP contribution in [0.4, 0.5) is 5.82 Å². The summed E-state index contributed by atoms with van der Waals surface area (Å²) >= 11 is 0. The molecule has 110 valence electrons. The molecule has 3 rings (SSSR count). The summed E-state index contributed by atoms with van der Waals surface area (Å²) in [5.41, 5.74) is 2.19. The van der Waals surface area contributed by atoms with Gasteiger partial charge in [-0.3, -0.25) is 0 Å². The lowest BCUT2D eigenvalue weighted by atomic mass is 10.2. The van der Waals surface area contributed by atoms with E-state index in [1.165, 1.54) is 0 Å². The molecule has 1 aromatic carbocycles. The summed E-state index contributed by atoms with van der Waals surface area (Å²) in [4.78, 5) is 4.67. The van der Waals surface area contributed by atoms with Crippen molar-refractivity contribution in [2.24, 2.45) is 13.0 Å². The van der Waals surface area contributed by atoms with E-state index in [1.54, 1.807) is 0 Å². The molecule has 2 aromatic heterocycles. The molecule has 0 aliphatic heterocycles. The Hall–Kier alpha value is -2.30. The Balaban J connectivity index is 1.78. The molecule has 5 nitrogen and oxygen atoms in total. The summed E-state index contributed by atoms with van der Waals surface area (Å²) in [5, 5.41) is 7.79. The lowest BCUT2D eigenvalue weighted by molar-refractivity contribution is 0.486. The third-order valence-electron chi connectivity index (χ3n) is 3.56. The molecular weight excluding hydrogens is 262 g/mol. The van der Waals surface area contributed by atoms with Gasteiger partial charge in [0.2, 0.25) is 0 Å². The molecule has 0 aliphatic carbocycles. The topological polar surface area (TPSA) is 47.7 Å². The molecule has 5 heteroatoms. The average molecular weight is 283 g/mol. The second-order valence-electron chi connectivity index (χ2n) is 5.72. The fraction of sp³-hybridized carbons (Fsp3) is 0.375. The number of benzene rings is 1. The third-order valence-corrected chi connectivity index (χ3v) is 3.56. The van der Waals surface area contributed by atoms with E-state index >= 15 is 0 Å². The van der Waals surface area contributed by atoms with Crippen LogP contribution in [0.15, 0.2) is 36.5 Å². The highest BCUT2D eigenvalue weighted by molar-refractivity contribution is 5.75. The van der Waals surface area contributed by atoms with Crippen LogP contribution >= 0.6 is 0 Å². The number of rotatable bonds is 5. The Bertz CT molecular complexity index is 738. The van der Waals surface area contributed by atoms with Crippen LogP contribution in [-0.2, 0) is 20.1 Å². The van der Waals surface area contributed by atoms with Gasteiger partial charge in [0.15, 0.2) is 0 Å². The van der Waals surface area contributed by atoms with Crippen LogP contribution in [0, 0.1) is 5.92 Å². The highest BCUT2D eigenvalue weighted by Crippen LogP contribution is 2.16. The molecule has 0 saturated carbocycles. The van der Waals surface area contributed by atoms with Crippen molar-refractivity contribution in [3.63, 3.8) is 0 Å². The van der Waals surface area contributed by atoms with Crippen molar-refractivity contribution in [1.82, 2.24) is 19.3 Å². The van der Waals surface area contributed by atoms with Crippen LogP contribution < -0.4 is 5.32 Å². The summed E-state index contributed by atoms with van der Waals surface area (Å²) in [5.74, 6) is 2.63. The molecule has 0 radical (unpaired) electrons. The fourth-order valence-corrected chi connectivity index (χ4v) is 2.50. The molecule has 0 saturated heterocycles. The first-order valence-electron chi connectivity index (χ1n) is 7.31. The highest BCUT2D eigenvalue weighted by Gasteiger charge is 2.08. The van der Waals surface area contributed by atoms with Gasteiger partial charge in [-0.25, -0.2) is 9.67 Å². The van der Waals surface area contributed by atoms with E-state index in [4.69, 9.17) is 0 Å². The first kappa shape index (κ1) is 13.7. The van der Waals surface area contributed by atoms with Crippen LogP contribution in [0.5, 0.6) is 0 Å². The second-order valence-corrected chi connectivity index (χ2v) is 5.72. The van der Waals surface area contributed by atoms with Crippen molar-refractivity contribution < 1.29 is 0 Å². The number of para-hydroxylation sites is 2. The van der Waals surface area contributed by atoms with Crippen LogP contribution in [0.2, 0.25) is 0 Å². The summed E-state index contributed by atoms with van der Waals surface area (Å²) in [7, 11) is 2.05. The standard InChI is InChI=1S/C16H21N5/c1-12(2)11-21-15(8-9-18-21)17-10-16-19-13-6-4-5-7-14(13)20(16)3/h4-9,12,17H,10-11H2,1-3H3. The Labute approximate surface area is 124 Å². The number of anilines is 1. The minimum absolute atomic E-state index is 0.571. The maximum Gasteiger partial charge on any atom is 0.129 e. The molecule has 3 aromatic rings. The third kappa shape index (κ3) is 2.77. The summed E-state index contributed by atoms with van der Waals surface area (Å²) in [6, 6.07) is 10.2. The fourth-order valence-electron chi connectivity index (χ4n) is 2.50. The lowest BCUT2D eigenvalue weighted by Gasteiger charge is -2.11. The number of imidazole rings is 1. The van der Waals surface area contributed by atoms with Gasteiger partial charge in [-0.2, -0.15) is 5.10 Å². The SMILES string of the molecule is CC(C)Cn1nccc1NCc1nc2ccccc2n1C. The molecule has 0 unspecified atom stereocenters. The maximum absolute atomic E-state index is 4.67. The maximum atomic E-state index is 4.67. The second kappa shape index (κ2) is 5.60. The van der Waals surface area contributed by atoms with Crippen molar-refractivity contribution in [2.45, 2.75) is 26.9 Å². The molecule has 0 amide bonds. The molecule has 0 aliphatic rings. The van der Waals surface area contributed by atoms with Crippen molar-refractivity contribution in [3.05, 3.63) is 42.4 Å². The molecular formula is C16H21N5. The molecule has 2 heterocycles. The number of aryl methyl sites for hydroxylation is 1. The van der Waals surface area contributed by atoms with E-state index in [0.29, 0.717) is 12.5 Å². The van der Waals surface area contributed by atoms with E-state index in [-0.39, 0.29) is 0 Å². The molecule has 0 atom stereocenters. The number of hydrogen-bond donors (Lipinski definition) is 1. The van der Waals surface area contributed by atoms with Crippen molar-refractivity contribution in [3.8, 4) is 0 Å². The van der Waals surface area contributed by atoms with Crippen LogP contribution in [0.25, 0.3) is 11.0 Å². The zero-order chi connectivity index (χ0) is 14.8. The minimum Gasteiger partial charge on any atom is -0.363 e. The Morgan fingerprint density at radius 2 is 2.00 bits per heavy atom. The van der Waals surface area contributed by atoms with Gasteiger partial charge in [0, 0.05) is 19.7 Å². The first-order valence-corrected chi connectivity index (χ1v) is 7.31. The van der Waals surface area contributed by atoms with Gasteiger partial charge >= 0.3 is 0 Å². The number of aromatic nitrogens is 4. The normalized spacial score (nSPS) is 11.4. The van der Waals surface area contributed by atoms with Gasteiger partial charge in [0.1, 0.15) is 11.6 Å². The van der Waals surface area contributed by atoms with Crippen molar-refractivity contribution in [1.29, 1.82) is 0 Å². The molecule has 21 heavy (non-hydrogen) atoms. The average Bonchev–Trinajstić information content (AvgIpc) is 3.02. The zero-order valence-electron chi connectivity index (χ0n) is 12.7. The van der Waals surface area contributed by atoms with Crippen molar-refractivity contribution >= 4 is 16.9 Å². The van der Waals surface area contributed by atoms with Crippen molar-refractivity contribution in [2.75, 3.05) is 5.32 Å². The van der Waals surface area contributed by atoms with Gasteiger partial charge in [0.05, 0.1) is 23.8 Å². The predicted molar refractivity (Wildman–Crippen MR) is 85.1 cm³/mol. The smallest absolute Gasteiger partial charge is 0.129 e. The van der Waals surface area contributed by atoms with Gasteiger partial charge in [-0.1, -0.05) is 26.0 Å². The monoisotopic (exact) mass is 283 g/mol. The van der Waals surface area contributed by atoms with E-state index < -0.39 is 0 Å². The summed E-state index contributed by atoms with van der Waals surface area (Å²) in [6.07, 6.45) is 1.83. The van der Waals surface area contributed by atoms with E-state index in [0.717, 1.165) is 29.2 Å². The van der Waals surface area contributed by atoms with E-state index in [9.17, 15) is 0 Å². The Morgan fingerprint density at radius 3 is 2.76 bits per heavy atom. The van der Waals surface area contributed by atoms with Gasteiger partial charge in [-0.15, -0.1) is 0 Å². The summed E-state index contributed by atoms with van der Waals surface area (Å²) in [6.45, 7) is 5.99. The largest absolute Gasteiger partial charge is 0.363 e. The molecule has 0 spiro atoms. The number of fused-ring (bicyclic) bond motifs is 1. The Morgan fingerprint density at radius 1 is 1.19 bits per heavy atom. The van der Waals surface area contributed by atoms with E-state index in [1.807, 2.05) is 35.1 Å². The molecule has 0 fully saturated rings. The number of hydrogen-bond acceptors (Lipinski definition) is 3. The first-order chi connectivity index (χ1) is 10.1. The van der Waals surface area contributed by atoms with Crippen LogP contribution in [0.3, 0.4) is 0 Å². The highest BCUT2D eigenvalue weighted by atomic mass is 15.3. The van der Waals surface area contributed by atoms with Gasteiger partial charge < -0.3 is 9.88 Å². The number of nitrogens with one attached hydrogen (secondary N) is 1. The van der Waals surface area contributed by atoms with Crippen LogP contribution in [0.1, 0.15) is 19.7 Å². The molecule has 0 bridgehead atoms. The van der Waals surface area contributed by atoms with E-state index in [2.05, 4.69) is 46.9 Å². The lowest BCUT2D eigenvalue weighted by Crippen LogP contribution is -2.13. The van der Waals surface area contributed by atoms with Crippen LogP contribution in [-0.4, -0.2) is 19.3 Å². The quantitative estimate of drug-likeness (QED) is 0.783. The summed E-state index contributed by atoms with van der Waals surface area (Å²) < 4.78 is 4.14. The van der Waals surface area contributed by atoms with Gasteiger partial charge in [0.25, 0.3) is 0 Å². The minimum atomic E-state index is 0.571. The Kier molecular flexibility index (Phi) is 3.64. The predicted octanol–water partition coefficient (Wildman–Crippen LogP) is 3.04. The van der Waals surface area contributed by atoms with Gasteiger partial charge in [-0.05, 0) is 18.1 Å². The molecule has 1 N–H and O–H groups in total. The number of nitrogens with zero attached hydrogens (tertiary/aromatic N) is 4. The zero-order valence-corrected chi connectivity index (χ0v) is 12.7.